The summed E-state index contributed by atoms with van der Waals surface area (Å²) in [5, 5.41) is 20.8. The van der Waals surface area contributed by atoms with Crippen molar-refractivity contribution < 1.29 is 19.7 Å². The van der Waals surface area contributed by atoms with E-state index in [1.807, 2.05) is 13.8 Å². The lowest BCUT2D eigenvalue weighted by Crippen LogP contribution is -2.22. The number of ether oxygens (including phenoxy) is 1. The molecule has 0 spiro atoms. The molecule has 0 saturated carbocycles. The Hall–Kier alpha value is -1.59. The van der Waals surface area contributed by atoms with E-state index in [0.29, 0.717) is 18.1 Å². The van der Waals surface area contributed by atoms with E-state index < -0.39 is 6.10 Å². The van der Waals surface area contributed by atoms with Crippen LogP contribution >= 0.6 is 0 Å². The number of anilines is 1. The van der Waals surface area contributed by atoms with Crippen LogP contribution in [0.4, 0.5) is 5.69 Å². The Morgan fingerprint density at radius 2 is 1.95 bits per heavy atom. The van der Waals surface area contributed by atoms with Crippen molar-refractivity contribution in [2.24, 2.45) is 5.92 Å². The summed E-state index contributed by atoms with van der Waals surface area (Å²) in [4.78, 5) is 11.7. The Balaban J connectivity index is 2.49. The van der Waals surface area contributed by atoms with E-state index in [9.17, 15) is 9.90 Å². The monoisotopic (exact) mass is 267 g/mol. The molecule has 0 aliphatic heterocycles. The van der Waals surface area contributed by atoms with Crippen molar-refractivity contribution in [2.75, 3.05) is 25.1 Å². The molecule has 0 fully saturated rings. The van der Waals surface area contributed by atoms with Gasteiger partial charge in [-0.25, -0.2) is 4.79 Å². The van der Waals surface area contributed by atoms with Crippen LogP contribution in [0.5, 0.6) is 0 Å². The molecule has 0 bridgehead atoms. The third kappa shape index (κ3) is 5.72. The maximum Gasteiger partial charge on any atom is 0.338 e. The number of rotatable bonds is 7. The van der Waals surface area contributed by atoms with Gasteiger partial charge >= 0.3 is 5.97 Å². The summed E-state index contributed by atoms with van der Waals surface area (Å²) >= 11 is 0. The molecule has 106 valence electrons. The summed E-state index contributed by atoms with van der Waals surface area (Å²) in [6, 6.07) is 6.79. The van der Waals surface area contributed by atoms with Gasteiger partial charge in [0.2, 0.25) is 0 Å². The number of carbonyl (C=O) groups is 1. The average molecular weight is 267 g/mol. The van der Waals surface area contributed by atoms with Crippen LogP contribution in [0.3, 0.4) is 0 Å². The van der Waals surface area contributed by atoms with Gasteiger partial charge in [0.25, 0.3) is 0 Å². The fourth-order valence-corrected chi connectivity index (χ4v) is 1.35. The predicted molar refractivity (Wildman–Crippen MR) is 73.1 cm³/mol. The van der Waals surface area contributed by atoms with Crippen LogP contribution in [0, 0.1) is 5.92 Å². The highest BCUT2D eigenvalue weighted by Crippen LogP contribution is 2.11. The zero-order valence-electron chi connectivity index (χ0n) is 11.3. The number of aliphatic hydroxyl groups is 2. The normalized spacial score (nSPS) is 12.3. The summed E-state index contributed by atoms with van der Waals surface area (Å²) in [6.07, 6.45) is -0.796. The van der Waals surface area contributed by atoms with Crippen molar-refractivity contribution in [1.29, 1.82) is 0 Å². The first-order chi connectivity index (χ1) is 9.02. The summed E-state index contributed by atoms with van der Waals surface area (Å²) in [5.41, 5.74) is 1.27. The van der Waals surface area contributed by atoms with Gasteiger partial charge in [-0.15, -0.1) is 0 Å². The molecule has 1 atom stereocenters. The third-order valence-corrected chi connectivity index (χ3v) is 2.42. The van der Waals surface area contributed by atoms with Crippen molar-refractivity contribution in [3.63, 3.8) is 0 Å². The van der Waals surface area contributed by atoms with E-state index in [1.54, 1.807) is 24.3 Å². The lowest BCUT2D eigenvalue weighted by molar-refractivity contribution is 0.0459. The van der Waals surface area contributed by atoms with Crippen LogP contribution in [0.25, 0.3) is 0 Å². The number of hydrogen-bond donors (Lipinski definition) is 3. The zero-order chi connectivity index (χ0) is 14.3. The van der Waals surface area contributed by atoms with Crippen molar-refractivity contribution >= 4 is 11.7 Å². The van der Waals surface area contributed by atoms with Crippen LogP contribution in [-0.4, -0.2) is 42.0 Å². The molecule has 0 heterocycles. The molecule has 5 nitrogen and oxygen atoms in total. The highest BCUT2D eigenvalue weighted by atomic mass is 16.5. The first-order valence-electron chi connectivity index (χ1n) is 6.33. The van der Waals surface area contributed by atoms with Gasteiger partial charge in [0, 0.05) is 12.2 Å². The van der Waals surface area contributed by atoms with Crippen LogP contribution in [0.1, 0.15) is 24.2 Å². The maximum absolute atomic E-state index is 11.7. The van der Waals surface area contributed by atoms with Crippen LogP contribution in [-0.2, 0) is 4.74 Å². The van der Waals surface area contributed by atoms with Gasteiger partial charge in [-0.2, -0.15) is 0 Å². The lowest BCUT2D eigenvalue weighted by Gasteiger charge is -2.11. The quantitative estimate of drug-likeness (QED) is 0.648. The van der Waals surface area contributed by atoms with E-state index in [4.69, 9.17) is 9.84 Å². The minimum absolute atomic E-state index is 0.258. The Kier molecular flexibility index (Phi) is 6.32. The first kappa shape index (κ1) is 15.5. The molecule has 0 aliphatic carbocycles. The van der Waals surface area contributed by atoms with Crippen molar-refractivity contribution in [3.8, 4) is 0 Å². The molecule has 1 unspecified atom stereocenters. The number of carbonyl (C=O) groups excluding carboxylic acids is 1. The number of nitrogens with one attached hydrogen (secondary N) is 1. The van der Waals surface area contributed by atoms with E-state index in [2.05, 4.69) is 5.32 Å². The Morgan fingerprint density at radius 1 is 1.32 bits per heavy atom. The smallest absolute Gasteiger partial charge is 0.338 e. The molecule has 3 N–H and O–H groups in total. The molecule has 0 radical (unpaired) electrons. The van der Waals surface area contributed by atoms with Crippen LogP contribution in [0.15, 0.2) is 24.3 Å². The Labute approximate surface area is 113 Å². The second kappa shape index (κ2) is 7.76. The molecule has 0 aromatic heterocycles. The van der Waals surface area contributed by atoms with Gasteiger partial charge in [-0.3, -0.25) is 0 Å². The number of esters is 1. The number of hydrogen-bond acceptors (Lipinski definition) is 5. The molecule has 19 heavy (non-hydrogen) atoms. The fourth-order valence-electron chi connectivity index (χ4n) is 1.35. The number of benzene rings is 1. The van der Waals surface area contributed by atoms with Crippen molar-refractivity contribution in [3.05, 3.63) is 29.8 Å². The molecule has 1 rings (SSSR count). The van der Waals surface area contributed by atoms with E-state index >= 15 is 0 Å². The molecule has 0 aliphatic rings. The second-order valence-corrected chi connectivity index (χ2v) is 4.79. The zero-order valence-corrected chi connectivity index (χ0v) is 11.3. The minimum Gasteiger partial charge on any atom is -0.462 e. The van der Waals surface area contributed by atoms with Crippen molar-refractivity contribution in [2.45, 2.75) is 20.0 Å². The SMILES string of the molecule is CC(C)COC(=O)c1ccc(NCC(O)CO)cc1. The summed E-state index contributed by atoms with van der Waals surface area (Å²) in [7, 11) is 0. The Morgan fingerprint density at radius 3 is 2.47 bits per heavy atom. The molecule has 0 amide bonds. The standard InChI is InChI=1S/C14H21NO4/c1-10(2)9-19-14(18)11-3-5-12(6-4-11)15-7-13(17)8-16/h3-6,10,13,15-17H,7-9H2,1-2H3. The van der Waals surface area contributed by atoms with Gasteiger partial charge in [0.15, 0.2) is 0 Å². The maximum atomic E-state index is 11.7. The van der Waals surface area contributed by atoms with Crippen molar-refractivity contribution in [1.82, 2.24) is 0 Å². The molecule has 0 saturated heterocycles. The summed E-state index contributed by atoms with van der Waals surface area (Å²) in [5.74, 6) is -0.0273. The Bertz CT molecular complexity index is 389. The van der Waals surface area contributed by atoms with Gasteiger partial charge in [-0.1, -0.05) is 13.8 Å². The minimum atomic E-state index is -0.796. The van der Waals surface area contributed by atoms with Crippen LogP contribution in [0.2, 0.25) is 0 Å². The number of aliphatic hydroxyl groups excluding tert-OH is 2. The van der Waals surface area contributed by atoms with Gasteiger partial charge in [0.1, 0.15) is 0 Å². The highest BCUT2D eigenvalue weighted by molar-refractivity contribution is 5.89. The molecule has 1 aromatic carbocycles. The average Bonchev–Trinajstić information content (AvgIpc) is 2.42. The highest BCUT2D eigenvalue weighted by Gasteiger charge is 2.08. The fraction of sp³-hybridized carbons (Fsp3) is 0.500. The van der Waals surface area contributed by atoms with Crippen LogP contribution < -0.4 is 5.32 Å². The van der Waals surface area contributed by atoms with E-state index in [-0.39, 0.29) is 19.1 Å². The third-order valence-electron chi connectivity index (χ3n) is 2.42. The molecular formula is C14H21NO4. The van der Waals surface area contributed by atoms with E-state index in [1.165, 1.54) is 0 Å². The predicted octanol–water partition coefficient (Wildman–Crippen LogP) is 1.26. The van der Waals surface area contributed by atoms with E-state index in [0.717, 1.165) is 5.69 Å². The topological polar surface area (TPSA) is 78.8 Å². The van der Waals surface area contributed by atoms with Gasteiger partial charge in [-0.05, 0) is 30.2 Å². The molecule has 5 heteroatoms. The summed E-state index contributed by atoms with van der Waals surface area (Å²) < 4.78 is 5.11. The summed E-state index contributed by atoms with van der Waals surface area (Å²) in [6.45, 7) is 4.33. The first-order valence-corrected chi connectivity index (χ1v) is 6.33. The molecular weight excluding hydrogens is 246 g/mol. The lowest BCUT2D eigenvalue weighted by atomic mass is 10.2. The van der Waals surface area contributed by atoms with Gasteiger partial charge < -0.3 is 20.3 Å². The van der Waals surface area contributed by atoms with Gasteiger partial charge in [0.05, 0.1) is 24.9 Å². The largest absolute Gasteiger partial charge is 0.462 e. The second-order valence-electron chi connectivity index (χ2n) is 4.79. The molecule has 1 aromatic rings.